The summed E-state index contributed by atoms with van der Waals surface area (Å²) >= 11 is 0. The lowest BCUT2D eigenvalue weighted by Gasteiger charge is -2.18. The zero-order valence-electron chi connectivity index (χ0n) is 8.68. The van der Waals surface area contributed by atoms with Crippen molar-refractivity contribution in [2.75, 3.05) is 19.6 Å². The molecule has 0 aromatic heterocycles. The third-order valence-electron chi connectivity index (χ3n) is 2.17. The molecule has 0 saturated heterocycles. The number of unbranched alkanes of at least 4 members (excludes halogenated alkanes) is 2. The first kappa shape index (κ1) is 11.7. The number of hydrogen-bond donors (Lipinski definition) is 0. The van der Waals surface area contributed by atoms with E-state index >= 15 is 0 Å². The first-order valence-corrected chi connectivity index (χ1v) is 5.18. The van der Waals surface area contributed by atoms with E-state index in [-0.39, 0.29) is 0 Å². The van der Waals surface area contributed by atoms with Crippen molar-refractivity contribution in [1.82, 2.24) is 4.90 Å². The zero-order valence-corrected chi connectivity index (χ0v) is 8.68. The van der Waals surface area contributed by atoms with E-state index < -0.39 is 0 Å². The summed E-state index contributed by atoms with van der Waals surface area (Å²) in [5, 5.41) is 0. The van der Waals surface area contributed by atoms with Crippen molar-refractivity contribution >= 4 is 0 Å². The second-order valence-corrected chi connectivity index (χ2v) is 3.22. The molecule has 0 fully saturated rings. The molecule has 1 nitrogen and oxygen atoms in total. The van der Waals surface area contributed by atoms with Crippen LogP contribution in [-0.4, -0.2) is 24.5 Å². The van der Waals surface area contributed by atoms with Crippen LogP contribution in [0.15, 0.2) is 12.7 Å². The molecular weight excluding hydrogens is 146 g/mol. The van der Waals surface area contributed by atoms with Crippen LogP contribution in [0.4, 0.5) is 0 Å². The van der Waals surface area contributed by atoms with Crippen LogP contribution in [0.2, 0.25) is 0 Å². The fourth-order valence-electron chi connectivity index (χ4n) is 1.29. The minimum atomic E-state index is 1.12. The van der Waals surface area contributed by atoms with Gasteiger partial charge in [-0.1, -0.05) is 32.8 Å². The Morgan fingerprint density at radius 2 is 1.92 bits per heavy atom. The Bertz CT molecular complexity index is 99.2. The summed E-state index contributed by atoms with van der Waals surface area (Å²) in [5.74, 6) is 0. The smallest absolute Gasteiger partial charge is 0.00157 e. The van der Waals surface area contributed by atoms with E-state index in [0.29, 0.717) is 0 Å². The molecular formula is C11H23N. The molecule has 0 radical (unpaired) electrons. The number of nitrogens with zero attached hydrogens (tertiary/aromatic N) is 1. The Hall–Kier alpha value is -0.300. The van der Waals surface area contributed by atoms with Crippen molar-refractivity contribution in [2.24, 2.45) is 0 Å². The summed E-state index contributed by atoms with van der Waals surface area (Å²) in [6.07, 6.45) is 7.16. The van der Waals surface area contributed by atoms with Gasteiger partial charge in [0.25, 0.3) is 0 Å². The van der Waals surface area contributed by atoms with Crippen LogP contribution < -0.4 is 0 Å². The van der Waals surface area contributed by atoms with Crippen molar-refractivity contribution in [3.8, 4) is 0 Å². The summed E-state index contributed by atoms with van der Waals surface area (Å²) < 4.78 is 0. The van der Waals surface area contributed by atoms with Crippen molar-refractivity contribution in [3.05, 3.63) is 12.7 Å². The molecule has 0 N–H and O–H groups in total. The van der Waals surface area contributed by atoms with Gasteiger partial charge in [0.2, 0.25) is 0 Å². The lowest BCUT2D eigenvalue weighted by molar-refractivity contribution is 0.287. The monoisotopic (exact) mass is 169 g/mol. The molecule has 0 saturated carbocycles. The first-order valence-electron chi connectivity index (χ1n) is 5.18. The molecule has 1 heteroatoms. The van der Waals surface area contributed by atoms with Crippen LogP contribution in [0, 0.1) is 0 Å². The number of rotatable bonds is 8. The molecule has 0 bridgehead atoms. The average molecular weight is 169 g/mol. The lowest BCUT2D eigenvalue weighted by atomic mass is 10.2. The Labute approximate surface area is 77.5 Å². The SMILES string of the molecule is C=CCCN(CC)CCCCC. The Kier molecular flexibility index (Phi) is 8.57. The quantitative estimate of drug-likeness (QED) is 0.399. The number of hydrogen-bond acceptors (Lipinski definition) is 1. The van der Waals surface area contributed by atoms with Gasteiger partial charge in [-0.25, -0.2) is 0 Å². The highest BCUT2D eigenvalue weighted by atomic mass is 15.1. The molecule has 0 aromatic carbocycles. The van der Waals surface area contributed by atoms with Gasteiger partial charge in [-0.15, -0.1) is 6.58 Å². The van der Waals surface area contributed by atoms with Gasteiger partial charge in [0.1, 0.15) is 0 Å². The minimum absolute atomic E-state index is 1.12. The molecule has 0 rings (SSSR count). The maximum absolute atomic E-state index is 3.74. The maximum Gasteiger partial charge on any atom is 0.00157 e. The molecule has 0 spiro atoms. The van der Waals surface area contributed by atoms with Crippen LogP contribution >= 0.6 is 0 Å². The average Bonchev–Trinajstić information content (AvgIpc) is 2.11. The molecule has 0 aromatic rings. The Balaban J connectivity index is 3.32. The highest BCUT2D eigenvalue weighted by molar-refractivity contribution is 4.69. The molecule has 0 unspecified atom stereocenters. The predicted octanol–water partition coefficient (Wildman–Crippen LogP) is 3.07. The molecule has 0 aliphatic rings. The van der Waals surface area contributed by atoms with Crippen LogP contribution in [0.3, 0.4) is 0 Å². The standard InChI is InChI=1S/C11H23N/c1-4-7-9-11-12(6-3)10-8-5-2/h5H,2,4,6-11H2,1,3H3. The van der Waals surface area contributed by atoms with E-state index in [1.807, 2.05) is 6.08 Å². The normalized spacial score (nSPS) is 10.6. The van der Waals surface area contributed by atoms with Gasteiger partial charge in [-0.2, -0.15) is 0 Å². The summed E-state index contributed by atoms with van der Waals surface area (Å²) in [7, 11) is 0. The van der Waals surface area contributed by atoms with Gasteiger partial charge in [0, 0.05) is 6.54 Å². The van der Waals surface area contributed by atoms with Crippen molar-refractivity contribution < 1.29 is 0 Å². The van der Waals surface area contributed by atoms with Gasteiger partial charge in [-0.05, 0) is 25.9 Å². The molecule has 72 valence electrons. The summed E-state index contributed by atoms with van der Waals surface area (Å²) in [5.41, 5.74) is 0. The zero-order chi connectivity index (χ0) is 9.23. The van der Waals surface area contributed by atoms with Crippen LogP contribution in [0.25, 0.3) is 0 Å². The summed E-state index contributed by atoms with van der Waals surface area (Å²) in [6, 6.07) is 0. The molecule has 12 heavy (non-hydrogen) atoms. The van der Waals surface area contributed by atoms with Crippen molar-refractivity contribution in [3.63, 3.8) is 0 Å². The van der Waals surface area contributed by atoms with E-state index in [1.54, 1.807) is 0 Å². The van der Waals surface area contributed by atoms with E-state index in [9.17, 15) is 0 Å². The van der Waals surface area contributed by atoms with Crippen LogP contribution in [0.5, 0.6) is 0 Å². The highest BCUT2D eigenvalue weighted by Gasteiger charge is 1.98. The van der Waals surface area contributed by atoms with Gasteiger partial charge >= 0.3 is 0 Å². The molecule has 0 atom stereocenters. The van der Waals surface area contributed by atoms with E-state index in [4.69, 9.17) is 0 Å². The topological polar surface area (TPSA) is 3.24 Å². The van der Waals surface area contributed by atoms with E-state index in [1.165, 1.54) is 38.9 Å². The minimum Gasteiger partial charge on any atom is -0.303 e. The van der Waals surface area contributed by atoms with Crippen molar-refractivity contribution in [1.29, 1.82) is 0 Å². The van der Waals surface area contributed by atoms with Gasteiger partial charge in [0.05, 0.1) is 0 Å². The van der Waals surface area contributed by atoms with Gasteiger partial charge < -0.3 is 4.90 Å². The van der Waals surface area contributed by atoms with Crippen LogP contribution in [-0.2, 0) is 0 Å². The molecule has 0 aliphatic carbocycles. The van der Waals surface area contributed by atoms with Gasteiger partial charge in [-0.3, -0.25) is 0 Å². The fourth-order valence-corrected chi connectivity index (χ4v) is 1.29. The largest absolute Gasteiger partial charge is 0.303 e. The predicted molar refractivity (Wildman–Crippen MR) is 56.5 cm³/mol. The van der Waals surface area contributed by atoms with Gasteiger partial charge in [0.15, 0.2) is 0 Å². The van der Waals surface area contributed by atoms with E-state index in [2.05, 4.69) is 25.3 Å². The third-order valence-corrected chi connectivity index (χ3v) is 2.17. The summed E-state index contributed by atoms with van der Waals surface area (Å²) in [4.78, 5) is 2.50. The van der Waals surface area contributed by atoms with Crippen LogP contribution in [0.1, 0.15) is 39.5 Å². The Morgan fingerprint density at radius 1 is 1.17 bits per heavy atom. The molecule has 0 amide bonds. The summed E-state index contributed by atoms with van der Waals surface area (Å²) in [6.45, 7) is 11.8. The lowest BCUT2D eigenvalue weighted by Crippen LogP contribution is -2.25. The highest BCUT2D eigenvalue weighted by Crippen LogP contribution is 1.99. The molecule has 0 aliphatic heterocycles. The van der Waals surface area contributed by atoms with Crippen molar-refractivity contribution in [2.45, 2.75) is 39.5 Å². The van der Waals surface area contributed by atoms with E-state index in [0.717, 1.165) is 6.42 Å². The maximum atomic E-state index is 3.74. The second-order valence-electron chi connectivity index (χ2n) is 3.22. The molecule has 0 heterocycles. The third kappa shape index (κ3) is 6.41. The second kappa shape index (κ2) is 8.79. The fraction of sp³-hybridized carbons (Fsp3) is 0.818. The Morgan fingerprint density at radius 3 is 2.42 bits per heavy atom. The first-order chi connectivity index (χ1) is 5.85.